The van der Waals surface area contributed by atoms with Gasteiger partial charge in [0.2, 0.25) is 0 Å². The molecule has 2 aromatic heterocycles. The van der Waals surface area contributed by atoms with Gasteiger partial charge in [0, 0.05) is 11.8 Å². The largest absolute Gasteiger partial charge is 0.508 e. The maximum atomic E-state index is 12.0. The molecule has 0 atom stereocenters. The Kier molecular flexibility index (Phi) is 2.98. The van der Waals surface area contributed by atoms with E-state index in [0.29, 0.717) is 16.7 Å². The molecule has 2 heterocycles. The topological polar surface area (TPSA) is 105 Å². The van der Waals surface area contributed by atoms with Gasteiger partial charge in [0.1, 0.15) is 16.8 Å². The van der Waals surface area contributed by atoms with Crippen molar-refractivity contribution in [3.8, 4) is 5.75 Å². The number of hydrogen-bond donors (Lipinski definition) is 2. The molecule has 0 spiro atoms. The van der Waals surface area contributed by atoms with Gasteiger partial charge in [0.25, 0.3) is 5.91 Å². The number of rotatable bonds is 2. The van der Waals surface area contributed by atoms with Gasteiger partial charge in [0.15, 0.2) is 5.65 Å². The van der Waals surface area contributed by atoms with Gasteiger partial charge in [-0.2, -0.15) is 10.2 Å². The number of benzene rings is 1. The van der Waals surface area contributed by atoms with Crippen LogP contribution in [0.4, 0.5) is 0 Å². The van der Waals surface area contributed by atoms with Crippen molar-refractivity contribution >= 4 is 28.3 Å². The van der Waals surface area contributed by atoms with Crippen LogP contribution in [0.1, 0.15) is 24.2 Å². The maximum Gasteiger partial charge on any atom is 0.276 e. The second-order valence-electron chi connectivity index (χ2n) is 4.67. The molecule has 0 radical (unpaired) electrons. The number of carbonyl (C=O) groups excluding carboxylic acids is 1. The quantitative estimate of drug-likeness (QED) is 0.541. The van der Waals surface area contributed by atoms with Crippen LogP contribution < -0.4 is 5.43 Å². The number of phenolic OH excluding ortho intramolecular Hbond substituents is 1. The molecule has 8 heteroatoms. The van der Waals surface area contributed by atoms with Gasteiger partial charge in [0.05, 0.1) is 11.7 Å². The van der Waals surface area contributed by atoms with E-state index >= 15 is 0 Å². The second-order valence-corrected chi connectivity index (χ2v) is 4.67. The number of fused-ring (bicyclic) bond motifs is 3. The van der Waals surface area contributed by atoms with Crippen LogP contribution in [0.5, 0.6) is 5.75 Å². The van der Waals surface area contributed by atoms with Crippen LogP contribution in [0, 0.1) is 0 Å². The highest BCUT2D eigenvalue weighted by Crippen LogP contribution is 2.19. The fraction of sp³-hybridized carbons (Fsp3) is 0.154. The molecule has 2 N–H and O–H groups in total. The lowest BCUT2D eigenvalue weighted by molar-refractivity contribution is 0.0956. The fourth-order valence-electron chi connectivity index (χ4n) is 1.86. The minimum Gasteiger partial charge on any atom is -0.508 e. The molecule has 8 nitrogen and oxygen atoms in total. The lowest BCUT2D eigenvalue weighted by Gasteiger charge is -2.01. The molecule has 3 rings (SSSR count). The molecular weight excluding hydrogens is 272 g/mol. The van der Waals surface area contributed by atoms with E-state index in [0.717, 1.165) is 5.71 Å². The average Bonchev–Trinajstić information content (AvgIpc) is 2.89. The van der Waals surface area contributed by atoms with Crippen molar-refractivity contribution in [2.24, 2.45) is 5.10 Å². The van der Waals surface area contributed by atoms with Crippen molar-refractivity contribution in [2.75, 3.05) is 0 Å². The summed E-state index contributed by atoms with van der Waals surface area (Å²) >= 11 is 0. The van der Waals surface area contributed by atoms with Crippen LogP contribution in [0.25, 0.3) is 16.7 Å². The first-order chi connectivity index (χ1) is 10.1. The van der Waals surface area contributed by atoms with E-state index in [2.05, 4.69) is 25.8 Å². The molecule has 0 fully saturated rings. The Hall–Kier alpha value is -3.03. The average molecular weight is 284 g/mol. The Morgan fingerprint density at radius 3 is 2.90 bits per heavy atom. The predicted octanol–water partition coefficient (Wildman–Crippen LogP) is 1.11. The lowest BCUT2D eigenvalue weighted by Crippen LogP contribution is -2.18. The standard InChI is InChI=1S/C13H12N6O2/c1-7(2)15-18-13(21)9-6-14-19-11-5-8(20)3-4-10(11)16-17-12(9)19/h3-6,20H,1-2H3,(H,18,21). The lowest BCUT2D eigenvalue weighted by atomic mass is 10.3. The number of hydrogen-bond acceptors (Lipinski definition) is 6. The molecule has 3 aromatic rings. The Bertz CT molecular complexity index is 879. The monoisotopic (exact) mass is 284 g/mol. The molecule has 0 aliphatic rings. The van der Waals surface area contributed by atoms with E-state index in [1.807, 2.05) is 0 Å². The van der Waals surface area contributed by atoms with Crippen molar-refractivity contribution < 1.29 is 9.90 Å². The van der Waals surface area contributed by atoms with Crippen molar-refractivity contribution in [3.05, 3.63) is 30.0 Å². The highest BCUT2D eigenvalue weighted by Gasteiger charge is 2.16. The molecule has 0 aliphatic carbocycles. The summed E-state index contributed by atoms with van der Waals surface area (Å²) in [6, 6.07) is 4.65. The number of nitrogens with zero attached hydrogens (tertiary/aromatic N) is 5. The van der Waals surface area contributed by atoms with Gasteiger partial charge in [-0.25, -0.2) is 9.94 Å². The third-order valence-electron chi connectivity index (χ3n) is 2.81. The Labute approximate surface area is 119 Å². The predicted molar refractivity (Wildman–Crippen MR) is 76.2 cm³/mol. The zero-order chi connectivity index (χ0) is 15.0. The number of phenols is 1. The van der Waals surface area contributed by atoms with Crippen molar-refractivity contribution in [1.29, 1.82) is 0 Å². The van der Waals surface area contributed by atoms with Gasteiger partial charge < -0.3 is 5.11 Å². The fourth-order valence-corrected chi connectivity index (χ4v) is 1.86. The number of nitrogens with one attached hydrogen (secondary N) is 1. The summed E-state index contributed by atoms with van der Waals surface area (Å²) < 4.78 is 1.46. The number of amides is 1. The summed E-state index contributed by atoms with van der Waals surface area (Å²) in [5.41, 5.74) is 4.83. The van der Waals surface area contributed by atoms with E-state index in [1.165, 1.54) is 22.8 Å². The van der Waals surface area contributed by atoms with E-state index in [-0.39, 0.29) is 11.3 Å². The van der Waals surface area contributed by atoms with E-state index in [9.17, 15) is 9.90 Å². The van der Waals surface area contributed by atoms with E-state index < -0.39 is 5.91 Å². The molecule has 1 aromatic carbocycles. The second kappa shape index (κ2) is 4.82. The van der Waals surface area contributed by atoms with Crippen LogP contribution in [-0.2, 0) is 0 Å². The van der Waals surface area contributed by atoms with Crippen molar-refractivity contribution in [3.63, 3.8) is 0 Å². The summed E-state index contributed by atoms with van der Waals surface area (Å²) in [6.45, 7) is 3.54. The van der Waals surface area contributed by atoms with Gasteiger partial charge in [-0.1, -0.05) is 0 Å². The highest BCUT2D eigenvalue weighted by atomic mass is 16.3. The minimum absolute atomic E-state index is 0.0875. The van der Waals surface area contributed by atoms with Gasteiger partial charge >= 0.3 is 0 Å². The zero-order valence-electron chi connectivity index (χ0n) is 11.4. The van der Waals surface area contributed by atoms with E-state index in [1.54, 1.807) is 19.9 Å². The molecule has 0 saturated heterocycles. The summed E-state index contributed by atoms with van der Waals surface area (Å²) in [6.07, 6.45) is 1.39. The number of aromatic nitrogens is 4. The molecule has 0 unspecified atom stereocenters. The van der Waals surface area contributed by atoms with Gasteiger partial charge in [-0.15, -0.1) is 10.2 Å². The molecule has 1 amide bonds. The molecular formula is C13H12N6O2. The van der Waals surface area contributed by atoms with Crippen LogP contribution in [0.15, 0.2) is 29.5 Å². The van der Waals surface area contributed by atoms with Gasteiger partial charge in [-0.3, -0.25) is 4.79 Å². The molecule has 0 saturated carbocycles. The van der Waals surface area contributed by atoms with E-state index in [4.69, 9.17) is 0 Å². The van der Waals surface area contributed by atoms with Crippen LogP contribution in [-0.4, -0.2) is 36.5 Å². The Morgan fingerprint density at radius 1 is 1.33 bits per heavy atom. The first-order valence-corrected chi connectivity index (χ1v) is 6.20. The SMILES string of the molecule is CC(C)=NNC(=O)c1cnn2c1nnc1ccc(O)cc12. The van der Waals surface area contributed by atoms with Gasteiger partial charge in [-0.05, 0) is 26.0 Å². The number of aromatic hydroxyl groups is 1. The Balaban J connectivity index is 2.14. The highest BCUT2D eigenvalue weighted by molar-refractivity contribution is 6.00. The maximum absolute atomic E-state index is 12.0. The third kappa shape index (κ3) is 2.27. The molecule has 21 heavy (non-hydrogen) atoms. The minimum atomic E-state index is -0.417. The molecule has 0 bridgehead atoms. The smallest absolute Gasteiger partial charge is 0.276 e. The normalized spacial score (nSPS) is 10.8. The first-order valence-electron chi connectivity index (χ1n) is 6.20. The summed E-state index contributed by atoms with van der Waals surface area (Å²) in [7, 11) is 0. The number of carbonyl (C=O) groups is 1. The molecule has 106 valence electrons. The number of hydrazone groups is 1. The van der Waals surface area contributed by atoms with Crippen LogP contribution in [0.2, 0.25) is 0 Å². The summed E-state index contributed by atoms with van der Waals surface area (Å²) in [5.74, 6) is -0.329. The first kappa shape index (κ1) is 13.0. The van der Waals surface area contributed by atoms with Crippen molar-refractivity contribution in [1.82, 2.24) is 25.2 Å². The van der Waals surface area contributed by atoms with Crippen LogP contribution >= 0.6 is 0 Å². The Morgan fingerprint density at radius 2 is 2.14 bits per heavy atom. The molecule has 0 aliphatic heterocycles. The zero-order valence-corrected chi connectivity index (χ0v) is 11.4. The van der Waals surface area contributed by atoms with Crippen LogP contribution in [0.3, 0.4) is 0 Å². The van der Waals surface area contributed by atoms with Crippen molar-refractivity contribution in [2.45, 2.75) is 13.8 Å². The summed E-state index contributed by atoms with van der Waals surface area (Å²) in [4.78, 5) is 12.0. The third-order valence-corrected chi connectivity index (χ3v) is 2.81. The summed E-state index contributed by atoms with van der Waals surface area (Å²) in [5, 5.41) is 25.6.